The Morgan fingerprint density at radius 3 is 2.50 bits per heavy atom. The molecule has 2 aromatic heterocycles. The maximum absolute atomic E-state index is 12.4. The Kier molecular flexibility index (Phi) is 4.56. The van der Waals surface area contributed by atoms with Crippen LogP contribution in [0.15, 0.2) is 23.3 Å². The van der Waals surface area contributed by atoms with Crippen molar-refractivity contribution >= 4 is 23.1 Å². The molecule has 1 aliphatic carbocycles. The molecule has 4 rings (SSSR count). The highest BCUT2D eigenvalue weighted by atomic mass is 35.5. The van der Waals surface area contributed by atoms with E-state index in [9.17, 15) is 4.79 Å². The van der Waals surface area contributed by atoms with Gasteiger partial charge in [0.05, 0.1) is 17.9 Å². The fourth-order valence-corrected chi connectivity index (χ4v) is 3.53. The van der Waals surface area contributed by atoms with Gasteiger partial charge in [-0.25, -0.2) is 14.6 Å². The van der Waals surface area contributed by atoms with Crippen molar-refractivity contribution < 1.29 is 0 Å². The molecule has 0 bridgehead atoms. The topological polar surface area (TPSA) is 67.2 Å². The molecule has 0 radical (unpaired) electrons. The van der Waals surface area contributed by atoms with Crippen molar-refractivity contribution in [2.45, 2.75) is 38.6 Å². The molecule has 0 unspecified atom stereocenters. The number of hydrogen-bond acceptors (Lipinski definition) is 6. The van der Waals surface area contributed by atoms with Crippen LogP contribution in [0.2, 0.25) is 5.02 Å². The van der Waals surface area contributed by atoms with Gasteiger partial charge in [0.1, 0.15) is 16.7 Å². The van der Waals surface area contributed by atoms with Gasteiger partial charge in [0.15, 0.2) is 0 Å². The second-order valence-corrected chi connectivity index (χ2v) is 7.59. The minimum atomic E-state index is -0.230. The fraction of sp³-hybridized carbons (Fsp3) is 0.556. The Bertz CT molecular complexity index is 855. The van der Waals surface area contributed by atoms with E-state index in [4.69, 9.17) is 16.6 Å². The van der Waals surface area contributed by atoms with E-state index in [0.29, 0.717) is 5.92 Å². The van der Waals surface area contributed by atoms with Crippen LogP contribution in [-0.2, 0) is 0 Å². The molecule has 1 aliphatic heterocycles. The summed E-state index contributed by atoms with van der Waals surface area (Å²) in [4.78, 5) is 25.9. The molecule has 2 aromatic rings. The zero-order valence-corrected chi connectivity index (χ0v) is 15.9. The first-order valence-corrected chi connectivity index (χ1v) is 9.52. The smallest absolute Gasteiger partial charge is 0.287 e. The molecule has 0 aromatic carbocycles. The van der Waals surface area contributed by atoms with Crippen molar-refractivity contribution in [1.29, 1.82) is 0 Å². The quantitative estimate of drug-likeness (QED) is 0.819. The van der Waals surface area contributed by atoms with Gasteiger partial charge in [-0.1, -0.05) is 11.6 Å². The average molecular weight is 375 g/mol. The third-order valence-corrected chi connectivity index (χ3v) is 5.32. The third kappa shape index (κ3) is 3.28. The van der Waals surface area contributed by atoms with Crippen LogP contribution in [0, 0.1) is 0 Å². The van der Waals surface area contributed by atoms with Crippen LogP contribution >= 0.6 is 11.6 Å². The highest BCUT2D eigenvalue weighted by Gasteiger charge is 2.28. The normalized spacial score (nSPS) is 17.8. The van der Waals surface area contributed by atoms with Gasteiger partial charge in [-0.15, -0.1) is 0 Å². The first-order valence-electron chi connectivity index (χ1n) is 9.14. The van der Waals surface area contributed by atoms with E-state index < -0.39 is 0 Å². The molecule has 8 heteroatoms. The van der Waals surface area contributed by atoms with E-state index in [1.54, 1.807) is 6.20 Å². The van der Waals surface area contributed by atoms with Crippen molar-refractivity contribution in [2.24, 2.45) is 0 Å². The average Bonchev–Trinajstić information content (AvgIpc) is 3.49. The van der Waals surface area contributed by atoms with Crippen molar-refractivity contribution in [2.75, 3.05) is 36.0 Å². The summed E-state index contributed by atoms with van der Waals surface area (Å²) in [5.74, 6) is 2.50. The molecule has 1 saturated heterocycles. The van der Waals surface area contributed by atoms with Crippen LogP contribution in [-0.4, -0.2) is 45.9 Å². The van der Waals surface area contributed by atoms with Crippen LogP contribution in [0.4, 0.5) is 11.5 Å². The second-order valence-electron chi connectivity index (χ2n) is 7.21. The van der Waals surface area contributed by atoms with E-state index >= 15 is 0 Å². The van der Waals surface area contributed by atoms with E-state index in [0.717, 1.165) is 43.5 Å². The molecule has 0 atom stereocenters. The maximum Gasteiger partial charge on any atom is 0.287 e. The molecular weight excluding hydrogens is 352 g/mol. The van der Waals surface area contributed by atoms with E-state index in [-0.39, 0.29) is 16.6 Å². The van der Waals surface area contributed by atoms with Crippen molar-refractivity contribution in [3.05, 3.63) is 39.7 Å². The predicted molar refractivity (Wildman–Crippen MR) is 102 cm³/mol. The molecule has 138 valence electrons. The van der Waals surface area contributed by atoms with E-state index in [1.165, 1.54) is 17.5 Å². The zero-order chi connectivity index (χ0) is 18.3. The van der Waals surface area contributed by atoms with Crippen molar-refractivity contribution in [3.63, 3.8) is 0 Å². The summed E-state index contributed by atoms with van der Waals surface area (Å²) in [6.07, 6.45) is 5.96. The zero-order valence-electron chi connectivity index (χ0n) is 15.1. The van der Waals surface area contributed by atoms with Crippen LogP contribution in [0.1, 0.15) is 44.5 Å². The van der Waals surface area contributed by atoms with E-state index in [1.807, 2.05) is 26.1 Å². The molecule has 0 amide bonds. The highest BCUT2D eigenvalue weighted by Crippen LogP contribution is 2.38. The molecule has 26 heavy (non-hydrogen) atoms. The van der Waals surface area contributed by atoms with Gasteiger partial charge in [-0.05, 0) is 32.8 Å². The van der Waals surface area contributed by atoms with Gasteiger partial charge < -0.3 is 9.80 Å². The summed E-state index contributed by atoms with van der Waals surface area (Å²) in [7, 11) is 0. The van der Waals surface area contributed by atoms with E-state index in [2.05, 4.69) is 19.9 Å². The summed E-state index contributed by atoms with van der Waals surface area (Å²) >= 11 is 6.34. The van der Waals surface area contributed by atoms with Gasteiger partial charge in [0.2, 0.25) is 0 Å². The lowest BCUT2D eigenvalue weighted by Gasteiger charge is -2.36. The first kappa shape index (κ1) is 17.3. The summed E-state index contributed by atoms with van der Waals surface area (Å²) in [5, 5.41) is 4.52. The minimum Gasteiger partial charge on any atom is -0.365 e. The van der Waals surface area contributed by atoms with Crippen molar-refractivity contribution in [1.82, 2.24) is 19.7 Å². The lowest BCUT2D eigenvalue weighted by Crippen LogP contribution is -2.47. The summed E-state index contributed by atoms with van der Waals surface area (Å²) in [6, 6.07) is 1.96. The Labute approximate surface area is 157 Å². The molecule has 7 nitrogen and oxygen atoms in total. The Morgan fingerprint density at radius 1 is 1.15 bits per heavy atom. The third-order valence-electron chi connectivity index (χ3n) is 4.96. The molecule has 2 aliphatic rings. The standard InChI is InChI=1S/C18H23ClN6O/c1-12(2)25-18(26)16(19)14(11-21-25)23-7-9-24(10-8-23)15-5-6-20-17(22-15)13-3-4-13/h5-6,11-13H,3-4,7-10H2,1-2H3. The fourth-order valence-electron chi connectivity index (χ4n) is 3.28. The van der Waals surface area contributed by atoms with Crippen LogP contribution in [0.5, 0.6) is 0 Å². The monoisotopic (exact) mass is 374 g/mol. The van der Waals surface area contributed by atoms with Gasteiger partial charge in [-0.3, -0.25) is 4.79 Å². The molecule has 3 heterocycles. The maximum atomic E-state index is 12.4. The Balaban J connectivity index is 1.48. The lowest BCUT2D eigenvalue weighted by molar-refractivity contribution is 0.501. The summed E-state index contributed by atoms with van der Waals surface area (Å²) in [6.45, 7) is 7.03. The van der Waals surface area contributed by atoms with Gasteiger partial charge in [0, 0.05) is 38.3 Å². The van der Waals surface area contributed by atoms with Crippen LogP contribution < -0.4 is 15.4 Å². The number of nitrogens with zero attached hydrogens (tertiary/aromatic N) is 6. The van der Waals surface area contributed by atoms with Crippen LogP contribution in [0.3, 0.4) is 0 Å². The number of hydrogen-bond donors (Lipinski definition) is 0. The van der Waals surface area contributed by atoms with Gasteiger partial charge >= 0.3 is 0 Å². The van der Waals surface area contributed by atoms with Crippen molar-refractivity contribution in [3.8, 4) is 0 Å². The van der Waals surface area contributed by atoms with Crippen LogP contribution in [0.25, 0.3) is 0 Å². The Morgan fingerprint density at radius 2 is 1.85 bits per heavy atom. The Hall–Kier alpha value is -2.15. The second kappa shape index (κ2) is 6.87. The molecular formula is C18H23ClN6O. The summed E-state index contributed by atoms with van der Waals surface area (Å²) < 4.78 is 1.42. The van der Waals surface area contributed by atoms with Gasteiger partial charge in [-0.2, -0.15) is 5.10 Å². The highest BCUT2D eigenvalue weighted by molar-refractivity contribution is 6.33. The number of piperazine rings is 1. The predicted octanol–water partition coefficient (Wildman–Crippen LogP) is 2.47. The molecule has 1 saturated carbocycles. The number of anilines is 2. The minimum absolute atomic E-state index is 0.00988. The largest absolute Gasteiger partial charge is 0.365 e. The molecule has 0 N–H and O–H groups in total. The lowest BCUT2D eigenvalue weighted by atomic mass is 10.2. The number of aromatic nitrogens is 4. The van der Waals surface area contributed by atoms with Gasteiger partial charge in [0.25, 0.3) is 5.56 Å². The SMILES string of the molecule is CC(C)n1ncc(N2CCN(c3ccnc(C4CC4)n3)CC2)c(Cl)c1=O. The number of halogens is 1. The number of rotatable bonds is 4. The summed E-state index contributed by atoms with van der Waals surface area (Å²) in [5.41, 5.74) is 0.487. The molecule has 2 fully saturated rings. The molecule has 0 spiro atoms. The first-order chi connectivity index (χ1) is 12.5.